The quantitative estimate of drug-likeness (QED) is 0.618. The number of hydrogen-bond acceptors (Lipinski definition) is 3. The molecule has 0 amide bonds. The monoisotopic (exact) mass is 263 g/mol. The van der Waals surface area contributed by atoms with Crippen LogP contribution in [0.1, 0.15) is 24.4 Å². The predicted octanol–water partition coefficient (Wildman–Crippen LogP) is 0.366. The van der Waals surface area contributed by atoms with Gasteiger partial charge in [0, 0.05) is 32.3 Å². The van der Waals surface area contributed by atoms with Gasteiger partial charge in [-0.1, -0.05) is 0 Å². The number of imidazole rings is 1. The van der Waals surface area contributed by atoms with Gasteiger partial charge >= 0.3 is 0 Å². The first kappa shape index (κ1) is 12.5. The van der Waals surface area contributed by atoms with Crippen LogP contribution in [0.4, 0.5) is 0 Å². The Bertz CT molecular complexity index is 438. The highest BCUT2D eigenvalue weighted by Gasteiger charge is 2.14. The summed E-state index contributed by atoms with van der Waals surface area (Å²) in [6.45, 7) is 4.78. The second-order valence-corrected chi connectivity index (χ2v) is 5.07. The Balaban J connectivity index is 1.62. The summed E-state index contributed by atoms with van der Waals surface area (Å²) in [5.74, 6) is 1.80. The summed E-state index contributed by atoms with van der Waals surface area (Å²) in [5, 5.41) is 0. The van der Waals surface area contributed by atoms with Crippen molar-refractivity contribution in [3.8, 4) is 0 Å². The number of guanidine groups is 1. The van der Waals surface area contributed by atoms with E-state index in [1.807, 2.05) is 0 Å². The Morgan fingerprint density at radius 1 is 1.32 bits per heavy atom. The summed E-state index contributed by atoms with van der Waals surface area (Å²) in [5.41, 5.74) is 7.03. The maximum absolute atomic E-state index is 6.00. The van der Waals surface area contributed by atoms with Crippen LogP contribution in [0.15, 0.2) is 11.2 Å². The summed E-state index contributed by atoms with van der Waals surface area (Å²) in [6, 6.07) is 0. The number of aliphatic imine (C=N–C) groups is 1. The standard InChI is InChI=1S/C13H21N5O/c14-13(17-5-7-19-8-6-17)15-9-11-10-18-4-2-1-3-12(18)16-11/h10H,1-9H2,(H2,14,15). The van der Waals surface area contributed by atoms with Crippen LogP contribution in [-0.2, 0) is 24.2 Å². The van der Waals surface area contributed by atoms with E-state index in [1.54, 1.807) is 0 Å². The number of fused-ring (bicyclic) bond motifs is 1. The Labute approximate surface area is 113 Å². The molecule has 0 atom stereocenters. The number of ether oxygens (including phenoxy) is 1. The molecule has 0 unspecified atom stereocenters. The van der Waals surface area contributed by atoms with Gasteiger partial charge in [0.15, 0.2) is 5.96 Å². The van der Waals surface area contributed by atoms with Gasteiger partial charge in [0.1, 0.15) is 5.82 Å². The molecule has 3 rings (SSSR count). The Hall–Kier alpha value is -1.56. The van der Waals surface area contributed by atoms with Crippen LogP contribution in [0.5, 0.6) is 0 Å². The number of aryl methyl sites for hydroxylation is 2. The topological polar surface area (TPSA) is 68.7 Å². The number of nitrogens with zero attached hydrogens (tertiary/aromatic N) is 4. The average Bonchev–Trinajstić information content (AvgIpc) is 2.88. The molecule has 0 aromatic carbocycles. The fraction of sp³-hybridized carbons (Fsp3) is 0.692. The van der Waals surface area contributed by atoms with Gasteiger partial charge in [-0.25, -0.2) is 9.98 Å². The third-order valence-electron chi connectivity index (χ3n) is 3.70. The van der Waals surface area contributed by atoms with Crippen molar-refractivity contribution in [2.45, 2.75) is 32.4 Å². The maximum atomic E-state index is 6.00. The van der Waals surface area contributed by atoms with E-state index in [0.717, 1.165) is 45.0 Å². The summed E-state index contributed by atoms with van der Waals surface area (Å²) >= 11 is 0. The molecule has 3 heterocycles. The van der Waals surface area contributed by atoms with E-state index in [2.05, 4.69) is 25.6 Å². The molecule has 19 heavy (non-hydrogen) atoms. The summed E-state index contributed by atoms with van der Waals surface area (Å²) in [4.78, 5) is 11.1. The first-order chi connectivity index (χ1) is 9.33. The molecule has 2 aliphatic heterocycles. The first-order valence-corrected chi connectivity index (χ1v) is 7.00. The van der Waals surface area contributed by atoms with Crippen LogP contribution < -0.4 is 5.73 Å². The van der Waals surface area contributed by atoms with E-state index in [1.165, 1.54) is 18.7 Å². The van der Waals surface area contributed by atoms with Gasteiger partial charge in [-0.05, 0) is 12.8 Å². The van der Waals surface area contributed by atoms with E-state index >= 15 is 0 Å². The fourth-order valence-corrected chi connectivity index (χ4v) is 2.60. The van der Waals surface area contributed by atoms with Crippen molar-refractivity contribution >= 4 is 5.96 Å². The van der Waals surface area contributed by atoms with Gasteiger partial charge in [-0.3, -0.25) is 0 Å². The summed E-state index contributed by atoms with van der Waals surface area (Å²) in [6.07, 6.45) is 5.70. The molecule has 0 radical (unpaired) electrons. The zero-order valence-corrected chi connectivity index (χ0v) is 11.2. The Morgan fingerprint density at radius 2 is 2.16 bits per heavy atom. The lowest BCUT2D eigenvalue weighted by Gasteiger charge is -2.27. The molecule has 1 aromatic rings. The molecule has 1 aromatic heterocycles. The highest BCUT2D eigenvalue weighted by atomic mass is 16.5. The van der Waals surface area contributed by atoms with E-state index in [4.69, 9.17) is 10.5 Å². The van der Waals surface area contributed by atoms with Crippen molar-refractivity contribution in [2.24, 2.45) is 10.7 Å². The van der Waals surface area contributed by atoms with E-state index in [-0.39, 0.29) is 0 Å². The van der Waals surface area contributed by atoms with E-state index < -0.39 is 0 Å². The highest BCUT2D eigenvalue weighted by Crippen LogP contribution is 2.14. The van der Waals surface area contributed by atoms with Gasteiger partial charge < -0.3 is 19.9 Å². The largest absolute Gasteiger partial charge is 0.378 e. The lowest BCUT2D eigenvalue weighted by Crippen LogP contribution is -2.44. The summed E-state index contributed by atoms with van der Waals surface area (Å²) < 4.78 is 7.55. The highest BCUT2D eigenvalue weighted by molar-refractivity contribution is 5.78. The third-order valence-corrected chi connectivity index (χ3v) is 3.70. The molecule has 1 saturated heterocycles. The molecular weight excluding hydrogens is 242 g/mol. The number of rotatable bonds is 2. The van der Waals surface area contributed by atoms with E-state index in [0.29, 0.717) is 12.5 Å². The molecule has 6 heteroatoms. The van der Waals surface area contributed by atoms with Gasteiger partial charge in [-0.2, -0.15) is 0 Å². The normalized spacial score (nSPS) is 20.4. The van der Waals surface area contributed by atoms with Crippen LogP contribution >= 0.6 is 0 Å². The molecule has 0 saturated carbocycles. The van der Waals surface area contributed by atoms with Crippen LogP contribution in [-0.4, -0.2) is 46.7 Å². The van der Waals surface area contributed by atoms with Crippen molar-refractivity contribution in [3.05, 3.63) is 17.7 Å². The van der Waals surface area contributed by atoms with Crippen molar-refractivity contribution in [3.63, 3.8) is 0 Å². The van der Waals surface area contributed by atoms with Crippen LogP contribution in [0, 0.1) is 0 Å². The molecule has 2 aliphatic rings. The minimum atomic E-state index is 0.573. The lowest BCUT2D eigenvalue weighted by atomic mass is 10.2. The van der Waals surface area contributed by atoms with Gasteiger partial charge in [0.2, 0.25) is 0 Å². The molecule has 6 nitrogen and oxygen atoms in total. The molecule has 0 bridgehead atoms. The zero-order valence-electron chi connectivity index (χ0n) is 11.2. The number of hydrogen-bond donors (Lipinski definition) is 1. The molecule has 0 spiro atoms. The zero-order chi connectivity index (χ0) is 13.1. The predicted molar refractivity (Wildman–Crippen MR) is 72.9 cm³/mol. The van der Waals surface area contributed by atoms with Crippen LogP contribution in [0.2, 0.25) is 0 Å². The van der Waals surface area contributed by atoms with Gasteiger partial charge in [-0.15, -0.1) is 0 Å². The second-order valence-electron chi connectivity index (χ2n) is 5.07. The van der Waals surface area contributed by atoms with E-state index in [9.17, 15) is 0 Å². The summed E-state index contributed by atoms with van der Waals surface area (Å²) in [7, 11) is 0. The second kappa shape index (κ2) is 5.61. The number of aromatic nitrogens is 2. The number of nitrogens with two attached hydrogens (primary N) is 1. The first-order valence-electron chi connectivity index (χ1n) is 7.00. The Morgan fingerprint density at radius 3 is 2.95 bits per heavy atom. The van der Waals surface area contributed by atoms with Crippen LogP contribution in [0.25, 0.3) is 0 Å². The molecule has 2 N–H and O–H groups in total. The van der Waals surface area contributed by atoms with Crippen LogP contribution in [0.3, 0.4) is 0 Å². The molecule has 0 aliphatic carbocycles. The van der Waals surface area contributed by atoms with Gasteiger partial charge in [0.05, 0.1) is 25.5 Å². The third kappa shape index (κ3) is 2.89. The smallest absolute Gasteiger partial charge is 0.191 e. The van der Waals surface area contributed by atoms with Crippen molar-refractivity contribution in [1.29, 1.82) is 0 Å². The molecule has 1 fully saturated rings. The molecular formula is C13H21N5O. The fourth-order valence-electron chi connectivity index (χ4n) is 2.60. The minimum Gasteiger partial charge on any atom is -0.378 e. The molecule has 104 valence electrons. The minimum absolute atomic E-state index is 0.573. The van der Waals surface area contributed by atoms with Gasteiger partial charge in [0.25, 0.3) is 0 Å². The van der Waals surface area contributed by atoms with Crippen molar-refractivity contribution in [2.75, 3.05) is 26.3 Å². The maximum Gasteiger partial charge on any atom is 0.191 e. The Kier molecular flexibility index (Phi) is 3.68. The SMILES string of the molecule is NC(=NCc1cn2c(n1)CCCC2)N1CCOCC1. The average molecular weight is 263 g/mol. The van der Waals surface area contributed by atoms with Crippen molar-refractivity contribution in [1.82, 2.24) is 14.5 Å². The van der Waals surface area contributed by atoms with Crippen molar-refractivity contribution < 1.29 is 4.74 Å². The number of morpholine rings is 1. The lowest BCUT2D eigenvalue weighted by molar-refractivity contribution is 0.0674.